The summed E-state index contributed by atoms with van der Waals surface area (Å²) in [5, 5.41) is 4.72. The minimum Gasteiger partial charge on any atom is -0.353 e. The van der Waals surface area contributed by atoms with Crippen molar-refractivity contribution in [3.8, 4) is 0 Å². The molecule has 4 nitrogen and oxygen atoms in total. The molecule has 0 saturated carbocycles. The van der Waals surface area contributed by atoms with Crippen LogP contribution in [0.4, 0.5) is 16.4 Å². The van der Waals surface area contributed by atoms with Crippen LogP contribution in [-0.2, 0) is 0 Å². The molecule has 2 aliphatic heterocycles. The summed E-state index contributed by atoms with van der Waals surface area (Å²) in [6, 6.07) is 10.4. The van der Waals surface area contributed by atoms with E-state index in [-0.39, 0.29) is 0 Å². The second-order valence-corrected chi connectivity index (χ2v) is 7.04. The van der Waals surface area contributed by atoms with Gasteiger partial charge < -0.3 is 15.1 Å². The molecule has 1 fully saturated rings. The summed E-state index contributed by atoms with van der Waals surface area (Å²) in [7, 11) is 0.382. The van der Waals surface area contributed by atoms with Crippen LogP contribution in [-0.4, -0.2) is 48.8 Å². The van der Waals surface area contributed by atoms with Gasteiger partial charge in [-0.25, -0.2) is 4.99 Å². The minimum absolute atomic E-state index is 0.382. The molecule has 114 valence electrons. The van der Waals surface area contributed by atoms with Crippen molar-refractivity contribution < 1.29 is 1.37 Å². The van der Waals surface area contributed by atoms with Crippen LogP contribution < -0.4 is 5.32 Å². The van der Waals surface area contributed by atoms with Crippen LogP contribution in [0.1, 0.15) is 11.8 Å². The number of likely N-dealkylation sites (N-methyl/N-ethyl adjacent to an activating group) is 1. The van der Waals surface area contributed by atoms with Crippen molar-refractivity contribution in [1.29, 1.82) is 0 Å². The van der Waals surface area contributed by atoms with Crippen molar-refractivity contribution in [2.75, 3.05) is 38.5 Å². The Balaban J connectivity index is 1.75. The Morgan fingerprint density at radius 3 is 2.86 bits per heavy atom. The number of piperazine rings is 1. The Bertz CT molecular complexity index is 747. The van der Waals surface area contributed by atoms with E-state index in [4.69, 9.17) is 6.36 Å². The molecule has 0 amide bonds. The van der Waals surface area contributed by atoms with E-state index in [1.807, 2.05) is 12.1 Å². The van der Waals surface area contributed by atoms with Crippen LogP contribution in [0.15, 0.2) is 35.3 Å². The Morgan fingerprint density at radius 2 is 2.05 bits per heavy atom. The molecule has 1 N–H and O–H groups in total. The van der Waals surface area contributed by atoms with Gasteiger partial charge in [0, 0.05) is 32.4 Å². The number of fused-ring (bicyclic) bond motifs is 2. The molecule has 0 bridgehead atoms. The second-order valence-electron chi connectivity index (χ2n) is 5.78. The third-order valence-electron chi connectivity index (χ3n) is 4.15. The van der Waals surface area contributed by atoms with Crippen LogP contribution >= 0.6 is 11.3 Å². The average molecular weight is 313 g/mol. The van der Waals surface area contributed by atoms with Crippen LogP contribution in [0, 0.1) is 6.92 Å². The highest BCUT2D eigenvalue weighted by Gasteiger charge is 2.25. The summed E-state index contributed by atoms with van der Waals surface area (Å²) in [5.41, 5.74) is 3.25. The van der Waals surface area contributed by atoms with Crippen molar-refractivity contribution in [3.63, 3.8) is 0 Å². The van der Waals surface area contributed by atoms with E-state index >= 15 is 0 Å². The maximum absolute atomic E-state index is 7.53. The highest BCUT2D eigenvalue weighted by molar-refractivity contribution is 7.16. The van der Waals surface area contributed by atoms with E-state index in [1.165, 1.54) is 15.4 Å². The number of aliphatic imine (C=N–C) groups is 1. The van der Waals surface area contributed by atoms with Gasteiger partial charge in [-0.3, -0.25) is 0 Å². The summed E-state index contributed by atoms with van der Waals surface area (Å²) in [4.78, 5) is 10.8. The molecule has 0 atom stereocenters. The van der Waals surface area contributed by atoms with Gasteiger partial charge in [0.1, 0.15) is 10.8 Å². The number of aryl methyl sites for hydroxylation is 1. The summed E-state index contributed by atoms with van der Waals surface area (Å²) >= 11 is 1.78. The summed E-state index contributed by atoms with van der Waals surface area (Å²) in [6.45, 7) is 5.84. The zero-order valence-corrected chi connectivity index (χ0v) is 13.5. The van der Waals surface area contributed by atoms with Crippen molar-refractivity contribution in [2.45, 2.75) is 6.92 Å². The molecule has 0 unspecified atom stereocenters. The first-order valence-corrected chi connectivity index (χ1v) is 8.38. The molecule has 2 aliphatic rings. The third kappa shape index (κ3) is 2.40. The van der Waals surface area contributed by atoms with Crippen LogP contribution in [0.2, 0.25) is 0 Å². The summed E-state index contributed by atoms with van der Waals surface area (Å²) in [6.07, 6.45) is 0. The Kier molecular flexibility index (Phi) is 3.12. The zero-order valence-electron chi connectivity index (χ0n) is 13.7. The maximum Gasteiger partial charge on any atom is 0.139 e. The van der Waals surface area contributed by atoms with E-state index in [0.717, 1.165) is 43.4 Å². The Morgan fingerprint density at radius 1 is 1.23 bits per heavy atom. The fourth-order valence-corrected chi connectivity index (χ4v) is 3.87. The molecule has 4 rings (SSSR count). The number of rotatable bonds is 0. The third-order valence-corrected chi connectivity index (χ3v) is 5.11. The lowest BCUT2D eigenvalue weighted by Crippen LogP contribution is -2.47. The van der Waals surface area contributed by atoms with Crippen LogP contribution in [0.25, 0.3) is 0 Å². The minimum atomic E-state index is 0.382. The van der Waals surface area contributed by atoms with Gasteiger partial charge in [-0.05, 0) is 32.1 Å². The van der Waals surface area contributed by atoms with Crippen molar-refractivity contribution in [3.05, 3.63) is 40.8 Å². The first-order valence-electron chi connectivity index (χ1n) is 8.27. The van der Waals surface area contributed by atoms with Gasteiger partial charge in [-0.15, -0.1) is 11.3 Å². The molecule has 0 spiro atoms. The van der Waals surface area contributed by atoms with Crippen molar-refractivity contribution in [1.82, 2.24) is 9.80 Å². The van der Waals surface area contributed by atoms with E-state index in [2.05, 4.69) is 40.2 Å². The quantitative estimate of drug-likeness (QED) is 0.808. The van der Waals surface area contributed by atoms with E-state index in [1.54, 1.807) is 11.3 Å². The first kappa shape index (κ1) is 12.7. The number of anilines is 2. The molecule has 0 radical (unpaired) electrons. The number of benzene rings is 1. The van der Waals surface area contributed by atoms with E-state index < -0.39 is 0 Å². The van der Waals surface area contributed by atoms with Gasteiger partial charge in [0.25, 0.3) is 0 Å². The smallest absolute Gasteiger partial charge is 0.139 e. The largest absolute Gasteiger partial charge is 0.353 e. The molecule has 0 aliphatic carbocycles. The standard InChI is InChI=1S/C17H20N4S/c1-12-11-13-16(21-9-7-20(2)8-10-21)18-14-5-3-4-6-15(14)19-17(13)22-12/h3-6,11,19H,7-10H2,1-2H3/i2D. The molecule has 3 heterocycles. The highest BCUT2D eigenvalue weighted by atomic mass is 32.1. The Hall–Kier alpha value is -1.85. The fourth-order valence-electron chi connectivity index (χ4n) is 2.95. The second kappa shape index (κ2) is 5.41. The lowest BCUT2D eigenvalue weighted by Gasteiger charge is -2.34. The number of hydrogen-bond donors (Lipinski definition) is 1. The molecule has 1 saturated heterocycles. The van der Waals surface area contributed by atoms with Gasteiger partial charge >= 0.3 is 0 Å². The molecule has 5 heteroatoms. The van der Waals surface area contributed by atoms with Crippen molar-refractivity contribution >= 4 is 33.5 Å². The predicted molar refractivity (Wildman–Crippen MR) is 94.0 cm³/mol. The number of thiophene rings is 1. The monoisotopic (exact) mass is 313 g/mol. The number of nitrogens with zero attached hydrogens (tertiary/aromatic N) is 3. The van der Waals surface area contributed by atoms with Gasteiger partial charge in [0.05, 0.1) is 16.9 Å². The number of para-hydroxylation sites is 2. The SMILES string of the molecule is [2H]CN1CCN(C2=Nc3ccccc3Nc3sc(C)cc32)CC1. The van der Waals surface area contributed by atoms with Gasteiger partial charge in [0.2, 0.25) is 0 Å². The molecule has 2 aromatic rings. The number of hydrogen-bond acceptors (Lipinski definition) is 5. The molecular weight excluding hydrogens is 292 g/mol. The fraction of sp³-hybridized carbons (Fsp3) is 0.353. The predicted octanol–water partition coefficient (Wildman–Crippen LogP) is 3.44. The van der Waals surface area contributed by atoms with E-state index in [0.29, 0.717) is 7.02 Å². The number of nitrogens with one attached hydrogen (secondary N) is 1. The summed E-state index contributed by atoms with van der Waals surface area (Å²) in [5.74, 6) is 1.06. The van der Waals surface area contributed by atoms with Crippen LogP contribution in [0.5, 0.6) is 0 Å². The lowest BCUT2D eigenvalue weighted by atomic mass is 10.2. The van der Waals surface area contributed by atoms with Gasteiger partial charge in [0.15, 0.2) is 0 Å². The zero-order chi connectivity index (χ0) is 15.8. The molecule has 1 aromatic heterocycles. The van der Waals surface area contributed by atoms with Crippen molar-refractivity contribution in [2.24, 2.45) is 4.99 Å². The topological polar surface area (TPSA) is 30.9 Å². The lowest BCUT2D eigenvalue weighted by molar-refractivity contribution is 0.216. The summed E-state index contributed by atoms with van der Waals surface area (Å²) < 4.78 is 7.53. The normalized spacial score (nSPS) is 18.7. The molecular formula is C17H20N4S. The van der Waals surface area contributed by atoms with E-state index in [9.17, 15) is 0 Å². The maximum atomic E-state index is 7.53. The van der Waals surface area contributed by atoms with Gasteiger partial charge in [-0.1, -0.05) is 12.1 Å². The molecule has 1 aromatic carbocycles. The average Bonchev–Trinajstić information content (AvgIpc) is 2.87. The highest BCUT2D eigenvalue weighted by Crippen LogP contribution is 2.39. The first-order chi connectivity index (χ1) is 11.2. The number of amidine groups is 1. The Labute approximate surface area is 136 Å². The van der Waals surface area contributed by atoms with Gasteiger partial charge in [-0.2, -0.15) is 0 Å². The van der Waals surface area contributed by atoms with Crippen LogP contribution in [0.3, 0.4) is 0 Å². The molecule has 22 heavy (non-hydrogen) atoms.